The Morgan fingerprint density at radius 2 is 2.26 bits per heavy atom. The fraction of sp³-hybridized carbons (Fsp3) is 0.417. The molecule has 1 aromatic heterocycles. The van der Waals surface area contributed by atoms with Crippen LogP contribution < -0.4 is 5.32 Å². The summed E-state index contributed by atoms with van der Waals surface area (Å²) in [5.74, 6) is 2.44. The predicted molar refractivity (Wildman–Crippen MR) is 71.3 cm³/mol. The molecular weight excluding hydrogens is 297 g/mol. The Bertz CT molecular complexity index is 471. The van der Waals surface area contributed by atoms with E-state index in [2.05, 4.69) is 16.2 Å². The molecule has 1 heterocycles. The maximum atomic E-state index is 12.4. The Balaban J connectivity index is 2.68. The average Bonchev–Trinajstić information content (AvgIpc) is 2.31. The average molecular weight is 309 g/mol. The number of halogens is 4. The van der Waals surface area contributed by atoms with Crippen molar-refractivity contribution in [3.05, 3.63) is 22.8 Å². The van der Waals surface area contributed by atoms with Gasteiger partial charge in [0.2, 0.25) is 0 Å². The van der Waals surface area contributed by atoms with Gasteiger partial charge in [0.25, 0.3) is 0 Å². The van der Waals surface area contributed by atoms with Crippen molar-refractivity contribution in [3.8, 4) is 12.3 Å². The first kappa shape index (κ1) is 16.2. The molecule has 0 aromatic carbocycles. The summed E-state index contributed by atoms with van der Waals surface area (Å²) in [5, 5.41) is 3.48. The van der Waals surface area contributed by atoms with Crippen LogP contribution in [0.2, 0.25) is 5.02 Å². The zero-order valence-corrected chi connectivity index (χ0v) is 11.7. The lowest BCUT2D eigenvalue weighted by molar-refractivity contribution is -0.137. The van der Waals surface area contributed by atoms with Crippen molar-refractivity contribution >= 4 is 23.4 Å². The number of alkyl halides is 3. The van der Waals surface area contributed by atoms with Crippen molar-refractivity contribution in [1.82, 2.24) is 10.3 Å². The molecule has 0 aliphatic rings. The van der Waals surface area contributed by atoms with Gasteiger partial charge in [0.1, 0.15) is 5.03 Å². The molecule has 1 N–H and O–H groups in total. The lowest BCUT2D eigenvalue weighted by atomic mass is 10.3. The normalized spacial score (nSPS) is 13.1. The molecule has 7 heteroatoms. The summed E-state index contributed by atoms with van der Waals surface area (Å²) in [6.45, 7) is 2.97. The van der Waals surface area contributed by atoms with E-state index in [0.29, 0.717) is 18.1 Å². The summed E-state index contributed by atoms with van der Waals surface area (Å²) in [6, 6.07) is 0.887. The van der Waals surface area contributed by atoms with Crippen molar-refractivity contribution in [2.24, 2.45) is 0 Å². The minimum atomic E-state index is -4.43. The molecular formula is C12H12ClF3N2S. The van der Waals surface area contributed by atoms with E-state index in [1.807, 2.05) is 6.92 Å². The number of hydrogen-bond acceptors (Lipinski definition) is 3. The second-order valence-electron chi connectivity index (χ2n) is 3.77. The van der Waals surface area contributed by atoms with E-state index in [9.17, 15) is 13.2 Å². The van der Waals surface area contributed by atoms with Crippen LogP contribution in [0, 0.1) is 12.3 Å². The van der Waals surface area contributed by atoms with Gasteiger partial charge in [0.15, 0.2) is 0 Å². The van der Waals surface area contributed by atoms with Crippen LogP contribution in [0.3, 0.4) is 0 Å². The van der Waals surface area contributed by atoms with Crippen LogP contribution in [0.25, 0.3) is 0 Å². The van der Waals surface area contributed by atoms with Gasteiger partial charge in [0, 0.05) is 18.0 Å². The van der Waals surface area contributed by atoms with Gasteiger partial charge in [0.05, 0.1) is 17.1 Å². The Morgan fingerprint density at radius 3 is 2.79 bits per heavy atom. The fourth-order valence-corrected chi connectivity index (χ4v) is 2.41. The van der Waals surface area contributed by atoms with E-state index < -0.39 is 11.7 Å². The zero-order chi connectivity index (χ0) is 14.5. The van der Waals surface area contributed by atoms with Crippen LogP contribution in [-0.2, 0) is 6.18 Å². The Hall–Kier alpha value is -0.900. The standard InChI is InChI=1S/C12H12ClF3N2S/c1-3-4-17-6-8(2)19-11-10(13)5-9(7-18-11)12(14,15)16/h1,5,7-8,17H,4,6H2,2H3. The molecule has 1 unspecified atom stereocenters. The summed E-state index contributed by atoms with van der Waals surface area (Å²) in [6.07, 6.45) is 1.45. The second-order valence-corrected chi connectivity index (χ2v) is 5.61. The first-order valence-electron chi connectivity index (χ1n) is 5.38. The molecule has 0 bridgehead atoms. The summed E-state index contributed by atoms with van der Waals surface area (Å²) in [7, 11) is 0. The van der Waals surface area contributed by atoms with Crippen LogP contribution in [0.5, 0.6) is 0 Å². The molecule has 104 valence electrons. The summed E-state index contributed by atoms with van der Waals surface area (Å²) < 4.78 is 37.3. The van der Waals surface area contributed by atoms with E-state index >= 15 is 0 Å². The molecule has 1 atom stereocenters. The van der Waals surface area contributed by atoms with Gasteiger partial charge in [-0.2, -0.15) is 13.2 Å². The first-order valence-corrected chi connectivity index (χ1v) is 6.64. The van der Waals surface area contributed by atoms with Crippen molar-refractivity contribution in [2.45, 2.75) is 23.4 Å². The molecule has 19 heavy (non-hydrogen) atoms. The van der Waals surface area contributed by atoms with Crippen LogP contribution in [0.15, 0.2) is 17.3 Å². The Kier molecular flexibility index (Phi) is 5.98. The second kappa shape index (κ2) is 7.04. The van der Waals surface area contributed by atoms with Gasteiger partial charge in [-0.15, -0.1) is 18.2 Å². The number of hydrogen-bond donors (Lipinski definition) is 1. The van der Waals surface area contributed by atoms with E-state index in [0.717, 1.165) is 12.3 Å². The summed E-state index contributed by atoms with van der Waals surface area (Å²) >= 11 is 7.10. The Labute approximate surface area is 119 Å². The third kappa shape index (κ3) is 5.31. The maximum Gasteiger partial charge on any atom is 0.417 e. The molecule has 0 saturated heterocycles. The molecule has 1 aromatic rings. The van der Waals surface area contributed by atoms with E-state index in [1.54, 1.807) is 0 Å². The van der Waals surface area contributed by atoms with Crippen LogP contribution >= 0.6 is 23.4 Å². The number of nitrogens with zero attached hydrogens (tertiary/aromatic N) is 1. The highest BCUT2D eigenvalue weighted by atomic mass is 35.5. The largest absolute Gasteiger partial charge is 0.417 e. The van der Waals surface area contributed by atoms with E-state index in [4.69, 9.17) is 18.0 Å². The van der Waals surface area contributed by atoms with E-state index in [1.165, 1.54) is 11.8 Å². The quantitative estimate of drug-likeness (QED) is 0.512. The molecule has 0 spiro atoms. The van der Waals surface area contributed by atoms with Gasteiger partial charge in [-0.05, 0) is 6.07 Å². The molecule has 0 aliphatic carbocycles. The number of nitrogens with one attached hydrogen (secondary N) is 1. The van der Waals surface area contributed by atoms with Crippen molar-refractivity contribution in [3.63, 3.8) is 0 Å². The lowest BCUT2D eigenvalue weighted by Gasteiger charge is -2.13. The van der Waals surface area contributed by atoms with Crippen LogP contribution in [0.1, 0.15) is 12.5 Å². The summed E-state index contributed by atoms with van der Waals surface area (Å²) in [5.41, 5.74) is -0.847. The van der Waals surface area contributed by atoms with Gasteiger partial charge in [-0.1, -0.05) is 24.4 Å². The number of rotatable bonds is 5. The highest BCUT2D eigenvalue weighted by Gasteiger charge is 2.31. The minimum Gasteiger partial charge on any atom is -0.305 e. The van der Waals surface area contributed by atoms with Gasteiger partial charge in [-0.3, -0.25) is 0 Å². The van der Waals surface area contributed by atoms with Crippen molar-refractivity contribution in [1.29, 1.82) is 0 Å². The number of terminal acetylenes is 1. The zero-order valence-electron chi connectivity index (χ0n) is 10.1. The highest BCUT2D eigenvalue weighted by Crippen LogP contribution is 2.34. The van der Waals surface area contributed by atoms with Crippen LogP contribution in [0.4, 0.5) is 13.2 Å². The number of pyridine rings is 1. The van der Waals surface area contributed by atoms with Gasteiger partial charge < -0.3 is 5.32 Å². The predicted octanol–water partition coefficient (Wildman–Crippen LogP) is 3.46. The van der Waals surface area contributed by atoms with Gasteiger partial charge in [-0.25, -0.2) is 4.98 Å². The van der Waals surface area contributed by atoms with Crippen molar-refractivity contribution in [2.75, 3.05) is 13.1 Å². The third-order valence-electron chi connectivity index (χ3n) is 2.11. The molecule has 0 aliphatic heterocycles. The van der Waals surface area contributed by atoms with Crippen molar-refractivity contribution < 1.29 is 13.2 Å². The molecule has 0 radical (unpaired) electrons. The van der Waals surface area contributed by atoms with Gasteiger partial charge >= 0.3 is 6.18 Å². The molecule has 0 amide bonds. The molecule has 1 rings (SSSR count). The lowest BCUT2D eigenvalue weighted by Crippen LogP contribution is -2.22. The highest BCUT2D eigenvalue weighted by molar-refractivity contribution is 8.00. The smallest absolute Gasteiger partial charge is 0.305 e. The maximum absolute atomic E-state index is 12.4. The number of thioether (sulfide) groups is 1. The summed E-state index contributed by atoms with van der Waals surface area (Å²) in [4.78, 5) is 3.76. The molecule has 2 nitrogen and oxygen atoms in total. The SMILES string of the molecule is C#CCNCC(C)Sc1ncc(C(F)(F)F)cc1Cl. The van der Waals surface area contributed by atoms with Crippen LogP contribution in [-0.4, -0.2) is 23.3 Å². The molecule has 0 fully saturated rings. The fourth-order valence-electron chi connectivity index (χ4n) is 1.25. The monoisotopic (exact) mass is 308 g/mol. The minimum absolute atomic E-state index is 0.00336. The Morgan fingerprint density at radius 1 is 1.58 bits per heavy atom. The number of aromatic nitrogens is 1. The molecule has 0 saturated carbocycles. The topological polar surface area (TPSA) is 24.9 Å². The van der Waals surface area contributed by atoms with E-state index in [-0.39, 0.29) is 10.3 Å². The first-order chi connectivity index (χ1) is 8.84. The third-order valence-corrected chi connectivity index (χ3v) is 3.62.